The second-order valence-electron chi connectivity index (χ2n) is 4.20. The van der Waals surface area contributed by atoms with E-state index in [1.165, 1.54) is 11.3 Å². The lowest BCUT2D eigenvalue weighted by Crippen LogP contribution is -2.24. The standard InChI is InChI=1S/C12H13Br2N3O2S2/c1-2-8-5-16-11(20-8)6-17-21(18,19)12-9(14)3-7(13)4-10(12)15/h3-5,17H,2,6,15H2,1H3. The molecule has 0 bridgehead atoms. The topological polar surface area (TPSA) is 85.1 Å². The molecule has 0 aliphatic heterocycles. The minimum absolute atomic E-state index is 0.0398. The normalized spacial score (nSPS) is 11.8. The van der Waals surface area contributed by atoms with Gasteiger partial charge >= 0.3 is 0 Å². The van der Waals surface area contributed by atoms with E-state index in [4.69, 9.17) is 5.73 Å². The van der Waals surface area contributed by atoms with Gasteiger partial charge in [-0.1, -0.05) is 22.9 Å². The molecular weight excluding hydrogens is 442 g/mol. The molecule has 0 amide bonds. The molecule has 21 heavy (non-hydrogen) atoms. The Morgan fingerprint density at radius 2 is 2.10 bits per heavy atom. The monoisotopic (exact) mass is 453 g/mol. The van der Waals surface area contributed by atoms with Crippen LogP contribution in [0, 0.1) is 0 Å². The van der Waals surface area contributed by atoms with Crippen LogP contribution in [0.1, 0.15) is 16.8 Å². The summed E-state index contributed by atoms with van der Waals surface area (Å²) < 4.78 is 28.4. The molecule has 0 atom stereocenters. The molecule has 114 valence electrons. The van der Waals surface area contributed by atoms with Crippen LogP contribution in [0.4, 0.5) is 5.69 Å². The van der Waals surface area contributed by atoms with E-state index in [1.54, 1.807) is 18.3 Å². The van der Waals surface area contributed by atoms with Gasteiger partial charge in [-0.15, -0.1) is 11.3 Å². The number of nitrogens with zero attached hydrogens (tertiary/aromatic N) is 1. The average Bonchev–Trinajstić information content (AvgIpc) is 2.82. The van der Waals surface area contributed by atoms with Crippen LogP contribution in [-0.4, -0.2) is 13.4 Å². The Kier molecular flexibility index (Phi) is 5.42. The summed E-state index contributed by atoms with van der Waals surface area (Å²) in [5, 5.41) is 0.724. The fourth-order valence-electron chi connectivity index (χ4n) is 1.69. The first-order valence-corrected chi connectivity index (χ1v) is 9.90. The molecule has 0 unspecified atom stereocenters. The van der Waals surface area contributed by atoms with Gasteiger partial charge in [-0.25, -0.2) is 18.1 Å². The summed E-state index contributed by atoms with van der Waals surface area (Å²) >= 11 is 7.99. The minimum atomic E-state index is -3.71. The molecular formula is C12H13Br2N3O2S2. The number of halogens is 2. The molecule has 3 N–H and O–H groups in total. The molecule has 0 aliphatic carbocycles. The molecule has 1 aromatic carbocycles. The molecule has 1 heterocycles. The number of nitrogens with two attached hydrogens (primary N) is 1. The van der Waals surface area contributed by atoms with Gasteiger partial charge < -0.3 is 5.73 Å². The molecule has 0 fully saturated rings. The van der Waals surface area contributed by atoms with E-state index in [9.17, 15) is 8.42 Å². The number of hydrogen-bond acceptors (Lipinski definition) is 5. The third-order valence-corrected chi connectivity index (χ3v) is 6.67. The van der Waals surface area contributed by atoms with Crippen LogP contribution in [0.15, 0.2) is 32.2 Å². The van der Waals surface area contributed by atoms with E-state index in [0.29, 0.717) is 8.95 Å². The molecule has 2 rings (SSSR count). The molecule has 5 nitrogen and oxygen atoms in total. The fourth-order valence-corrected chi connectivity index (χ4v) is 5.63. The highest BCUT2D eigenvalue weighted by molar-refractivity contribution is 9.11. The Balaban J connectivity index is 2.23. The van der Waals surface area contributed by atoms with Gasteiger partial charge in [0.2, 0.25) is 10.0 Å². The largest absolute Gasteiger partial charge is 0.398 e. The highest BCUT2D eigenvalue weighted by Crippen LogP contribution is 2.31. The Hall–Kier alpha value is -0.480. The number of aryl methyl sites for hydroxylation is 1. The van der Waals surface area contributed by atoms with Crippen LogP contribution in [0.5, 0.6) is 0 Å². The lowest BCUT2D eigenvalue weighted by molar-refractivity contribution is 0.581. The van der Waals surface area contributed by atoms with Crippen LogP contribution in [-0.2, 0) is 23.0 Å². The maximum absolute atomic E-state index is 12.4. The minimum Gasteiger partial charge on any atom is -0.398 e. The van der Waals surface area contributed by atoms with Crippen molar-refractivity contribution >= 4 is 58.9 Å². The van der Waals surface area contributed by atoms with E-state index in [0.717, 1.165) is 16.3 Å². The van der Waals surface area contributed by atoms with Gasteiger partial charge in [0.15, 0.2) is 0 Å². The maximum atomic E-state index is 12.4. The summed E-state index contributed by atoms with van der Waals surface area (Å²) in [4.78, 5) is 5.34. The first-order chi connectivity index (χ1) is 9.83. The Morgan fingerprint density at radius 3 is 2.67 bits per heavy atom. The number of anilines is 1. The summed E-state index contributed by atoms with van der Waals surface area (Å²) in [6.45, 7) is 2.18. The number of thiazole rings is 1. The number of aromatic nitrogens is 1. The summed E-state index contributed by atoms with van der Waals surface area (Å²) in [5.74, 6) is 0. The zero-order valence-corrected chi connectivity index (χ0v) is 15.9. The van der Waals surface area contributed by atoms with Crippen LogP contribution < -0.4 is 10.5 Å². The number of sulfonamides is 1. The van der Waals surface area contributed by atoms with Crippen molar-refractivity contribution in [3.05, 3.63) is 37.2 Å². The SMILES string of the molecule is CCc1cnc(CNS(=O)(=O)c2c(N)cc(Br)cc2Br)s1. The predicted molar refractivity (Wildman–Crippen MR) is 91.8 cm³/mol. The first-order valence-electron chi connectivity index (χ1n) is 6.01. The van der Waals surface area contributed by atoms with Gasteiger partial charge in [-0.2, -0.15) is 0 Å². The van der Waals surface area contributed by atoms with E-state index < -0.39 is 10.0 Å². The lowest BCUT2D eigenvalue weighted by Gasteiger charge is -2.10. The van der Waals surface area contributed by atoms with Crippen molar-refractivity contribution in [3.63, 3.8) is 0 Å². The van der Waals surface area contributed by atoms with Crippen LogP contribution in [0.3, 0.4) is 0 Å². The molecule has 0 saturated carbocycles. The number of rotatable bonds is 5. The number of nitrogens with one attached hydrogen (secondary N) is 1. The molecule has 0 saturated heterocycles. The first kappa shape index (κ1) is 16.9. The van der Waals surface area contributed by atoms with E-state index >= 15 is 0 Å². The Labute approximate surface area is 144 Å². The van der Waals surface area contributed by atoms with E-state index in [1.807, 2.05) is 6.92 Å². The average molecular weight is 455 g/mol. The Bertz CT molecular complexity index is 737. The van der Waals surface area contributed by atoms with Crippen molar-refractivity contribution in [2.45, 2.75) is 24.8 Å². The molecule has 0 radical (unpaired) electrons. The van der Waals surface area contributed by atoms with Crippen molar-refractivity contribution in [2.24, 2.45) is 0 Å². The van der Waals surface area contributed by atoms with E-state index in [-0.39, 0.29) is 17.1 Å². The Morgan fingerprint density at radius 1 is 1.38 bits per heavy atom. The summed E-state index contributed by atoms with van der Waals surface area (Å²) in [6.07, 6.45) is 2.65. The van der Waals surface area contributed by atoms with Crippen LogP contribution in [0.25, 0.3) is 0 Å². The third-order valence-electron chi connectivity index (χ3n) is 2.67. The maximum Gasteiger partial charge on any atom is 0.244 e. The molecule has 2 aromatic rings. The fraction of sp³-hybridized carbons (Fsp3) is 0.250. The van der Waals surface area contributed by atoms with E-state index in [2.05, 4.69) is 41.6 Å². The summed E-state index contributed by atoms with van der Waals surface area (Å²) in [5.41, 5.74) is 5.99. The zero-order valence-electron chi connectivity index (χ0n) is 11.1. The predicted octanol–water partition coefficient (Wildman–Crippen LogP) is 3.29. The second kappa shape index (κ2) is 6.74. The molecule has 9 heteroatoms. The van der Waals surface area contributed by atoms with Crippen molar-refractivity contribution < 1.29 is 8.42 Å². The summed E-state index contributed by atoms with van der Waals surface area (Å²) in [7, 11) is -3.71. The third kappa shape index (κ3) is 4.04. The van der Waals surface area contributed by atoms with Gasteiger partial charge in [0.1, 0.15) is 9.90 Å². The van der Waals surface area contributed by atoms with Crippen LogP contribution >= 0.6 is 43.2 Å². The number of hydrogen-bond donors (Lipinski definition) is 2. The van der Waals surface area contributed by atoms with Crippen molar-refractivity contribution in [1.82, 2.24) is 9.71 Å². The quantitative estimate of drug-likeness (QED) is 0.678. The molecule has 0 spiro atoms. The van der Waals surface area contributed by atoms with Crippen LogP contribution in [0.2, 0.25) is 0 Å². The lowest BCUT2D eigenvalue weighted by atomic mass is 10.3. The number of nitrogen functional groups attached to an aromatic ring is 1. The smallest absolute Gasteiger partial charge is 0.244 e. The van der Waals surface area contributed by atoms with Gasteiger partial charge in [-0.05, 0) is 34.5 Å². The summed E-state index contributed by atoms with van der Waals surface area (Å²) in [6, 6.07) is 3.20. The molecule has 1 aromatic heterocycles. The van der Waals surface area contributed by atoms with Gasteiger partial charge in [0, 0.05) is 20.0 Å². The second-order valence-corrected chi connectivity index (χ2v) is 8.88. The van der Waals surface area contributed by atoms with Gasteiger partial charge in [0.05, 0.1) is 12.2 Å². The van der Waals surface area contributed by atoms with Gasteiger partial charge in [0.25, 0.3) is 0 Å². The van der Waals surface area contributed by atoms with Crippen molar-refractivity contribution in [3.8, 4) is 0 Å². The highest BCUT2D eigenvalue weighted by atomic mass is 79.9. The van der Waals surface area contributed by atoms with Gasteiger partial charge in [-0.3, -0.25) is 0 Å². The molecule has 0 aliphatic rings. The highest BCUT2D eigenvalue weighted by Gasteiger charge is 2.21. The zero-order chi connectivity index (χ0) is 15.6. The van der Waals surface area contributed by atoms with Crippen molar-refractivity contribution in [2.75, 3.05) is 5.73 Å². The number of benzene rings is 1. The van der Waals surface area contributed by atoms with Crippen molar-refractivity contribution in [1.29, 1.82) is 0 Å².